The van der Waals surface area contributed by atoms with Crippen molar-refractivity contribution < 1.29 is 244 Å². The standard InChI is InChI=1S/C86H146O49/c1-29(30-13-17-84(8)83(30,7)19-41(96)86(10)82(6)16-15-42(80(2,3)40(82)14-18-85(84,86)9)127-71-59(112)52(105)64(35(24-91)122-71)131-75-60(113)53(106)65(36(25-92)123-75)129-72-56(109)48(101)44(97)31(20-87)118-72)11-12-43(81(4,5)117)128-78-70(135-74-58(111)50(103)46(99)33(22-89)120-74)63(116)68(39(28-95)126-78)132-76-61(114)55(108)67(38(27-94)124-76)133-79-69(51(104)47(100)34(23-90)121-79)134-77-62(115)54(107)66(37(26-93)125-77)130-73-57(110)49(102)45(98)32(21-88)119-73/h14,29-39,41-79,87-117H,11-13,15-28H2,1-10H3/t29-,30?,31-,32-,33-,34-,35-,36-,37-,38-,39-,41?,42+,43-,44-,45-,46-,47-,48+,49+,50+,51+,52-,53-,54-,55-,56-,57-,58-,59-,60-,61-,62-,63+,64-,65-,66-,67-,68-,69-,70-,71?,72?,73?,74?,75?,76?,77?,78?,79?,82-,83-,84-,85+,86+/m1/s1. The van der Waals surface area contributed by atoms with Crippen LogP contribution in [0, 0.1) is 44.3 Å². The van der Waals surface area contributed by atoms with Gasteiger partial charge in [-0.15, -0.1) is 0 Å². The summed E-state index contributed by atoms with van der Waals surface area (Å²) in [6.07, 6.45) is -84.1. The number of aliphatic hydroxyl groups is 31. The highest BCUT2D eigenvalue weighted by molar-refractivity contribution is 5.39. The second-order valence-electron chi connectivity index (χ2n) is 41.1. The second-order valence-corrected chi connectivity index (χ2v) is 41.1. The minimum Gasteiger partial charge on any atom is -0.394 e. The predicted molar refractivity (Wildman–Crippen MR) is 440 cm³/mol. The molecule has 135 heavy (non-hydrogen) atoms. The second kappa shape index (κ2) is 43.1. The van der Waals surface area contributed by atoms with Gasteiger partial charge in [0.15, 0.2) is 56.6 Å². The Bertz CT molecular complexity index is 3800. The molecule has 9 heterocycles. The lowest BCUT2D eigenvalue weighted by atomic mass is 9.29. The van der Waals surface area contributed by atoms with Gasteiger partial charge in [-0.2, -0.15) is 0 Å². The van der Waals surface area contributed by atoms with Crippen molar-refractivity contribution in [2.24, 2.45) is 44.3 Å². The Morgan fingerprint density at radius 2 is 0.615 bits per heavy atom. The molecule has 13 aliphatic rings. The van der Waals surface area contributed by atoms with Gasteiger partial charge in [-0.25, -0.2) is 0 Å². The first-order valence-corrected chi connectivity index (χ1v) is 46.4. The molecule has 12 fully saturated rings. The molecule has 0 bridgehead atoms. The van der Waals surface area contributed by atoms with Crippen molar-refractivity contribution in [2.45, 2.75) is 421 Å². The highest BCUT2D eigenvalue weighted by atomic mass is 16.8. The van der Waals surface area contributed by atoms with E-state index in [0.29, 0.717) is 38.5 Å². The van der Waals surface area contributed by atoms with Crippen LogP contribution in [0.25, 0.3) is 0 Å². The Kier molecular flexibility index (Phi) is 35.1. The van der Waals surface area contributed by atoms with Gasteiger partial charge < -0.3 is 244 Å². The SMILES string of the molecule is C[C@H](CC[C@@H](OC1O[C@H](CO)[C@@H](OC2O[C@H](CO)[C@@H](OC3O[C@H](CO)[C@@H](O)[C@H](O)[C@H]3OC3O[C@H](CO)[C@@H](OC4O[C@H](CO)[C@@H](O)[C@H](O)[C@H]4O)[C@H](O)[C@H]3O)[C@H](O)[C@H]2O)[C@H](O)[C@H]1OC1O[C@H](CO)[C@@H](O)[C@H](O)[C@H]1O)C(C)(C)O)C1CC[C@@]2(C)[C@]3(C)CC=C4C(C)(C)[C@@H](OC5O[C@H](CO)[C@@H](OC6O[C@H](CO)[C@@H](OC7O[C@H](CO)[C@@H](O)[C@H](O)[C@H]7O)[C@H](O)[C@H]6O)[C@H](O)[C@H]5O)CC[C@@]4(C)[C@]3(C)C(O)C[C@]12C. The molecule has 0 radical (unpaired) electrons. The number of hydrogen-bond acceptors (Lipinski definition) is 49. The van der Waals surface area contributed by atoms with Gasteiger partial charge in [0.2, 0.25) is 0 Å². The molecule has 784 valence electrons. The van der Waals surface area contributed by atoms with E-state index in [1.54, 1.807) is 0 Å². The molecule has 0 aromatic heterocycles. The highest BCUT2D eigenvalue weighted by Crippen LogP contribution is 2.82. The minimum atomic E-state index is -2.35. The van der Waals surface area contributed by atoms with Crippen molar-refractivity contribution >= 4 is 0 Å². The molecule has 31 N–H and O–H groups in total. The molecule has 11 unspecified atom stereocenters. The molecule has 0 aromatic rings. The van der Waals surface area contributed by atoms with E-state index < -0.39 is 392 Å². The summed E-state index contributed by atoms with van der Waals surface area (Å²) in [6.45, 7) is 11.3. The van der Waals surface area contributed by atoms with Crippen LogP contribution in [0.5, 0.6) is 0 Å². The third kappa shape index (κ3) is 19.7. The molecular formula is C86H146O49. The van der Waals surface area contributed by atoms with E-state index in [0.717, 1.165) is 12.0 Å². The number of hydrogen-bond donors (Lipinski definition) is 31. The van der Waals surface area contributed by atoms with Crippen molar-refractivity contribution in [3.63, 3.8) is 0 Å². The molecule has 0 aromatic carbocycles. The van der Waals surface area contributed by atoms with Crippen LogP contribution in [-0.4, -0.2) is 518 Å². The van der Waals surface area contributed by atoms with Gasteiger partial charge in [0.25, 0.3) is 0 Å². The van der Waals surface area contributed by atoms with Crippen molar-refractivity contribution in [1.82, 2.24) is 0 Å². The first-order chi connectivity index (χ1) is 63.4. The Morgan fingerprint density at radius 3 is 0.970 bits per heavy atom. The first kappa shape index (κ1) is 110. The zero-order chi connectivity index (χ0) is 99.4. The fraction of sp³-hybridized carbons (Fsp3) is 0.977. The molecule has 49 nitrogen and oxygen atoms in total. The van der Waals surface area contributed by atoms with Crippen LogP contribution < -0.4 is 0 Å². The summed E-state index contributed by atoms with van der Waals surface area (Å²) in [7, 11) is 0. The largest absolute Gasteiger partial charge is 0.394 e. The van der Waals surface area contributed by atoms with E-state index in [1.807, 2.05) is 13.8 Å². The Labute approximate surface area is 777 Å². The van der Waals surface area contributed by atoms with Crippen LogP contribution in [0.3, 0.4) is 0 Å². The van der Waals surface area contributed by atoms with Gasteiger partial charge in [0.1, 0.15) is 220 Å². The minimum absolute atomic E-state index is 0.0349. The molecule has 49 heteroatoms. The summed E-state index contributed by atoms with van der Waals surface area (Å²) in [4.78, 5) is 0. The lowest BCUT2D eigenvalue weighted by Crippen LogP contribution is -2.72. The van der Waals surface area contributed by atoms with Crippen molar-refractivity contribution in [1.29, 1.82) is 0 Å². The zero-order valence-corrected chi connectivity index (χ0v) is 76.7. The van der Waals surface area contributed by atoms with Crippen LogP contribution in [0.4, 0.5) is 0 Å². The zero-order valence-electron chi connectivity index (χ0n) is 76.7. The van der Waals surface area contributed by atoms with Crippen LogP contribution in [-0.2, 0) is 85.3 Å². The van der Waals surface area contributed by atoms with Gasteiger partial charge in [0, 0.05) is 10.8 Å². The highest BCUT2D eigenvalue weighted by Gasteiger charge is 2.78. The van der Waals surface area contributed by atoms with Gasteiger partial charge in [-0.05, 0) is 98.7 Å². The third-order valence-electron chi connectivity index (χ3n) is 33.0. The molecule has 9 aliphatic heterocycles. The predicted octanol–water partition coefficient (Wildman–Crippen LogP) is -13.3. The normalized spacial score (nSPS) is 53.1. The Hall–Kier alpha value is -2.22. The molecule has 55 atom stereocenters. The van der Waals surface area contributed by atoms with E-state index in [4.69, 9.17) is 85.3 Å². The van der Waals surface area contributed by atoms with Crippen molar-refractivity contribution in [3.05, 3.63) is 11.6 Å². The van der Waals surface area contributed by atoms with Crippen LogP contribution >= 0.6 is 0 Å². The van der Waals surface area contributed by atoms with Crippen LogP contribution in [0.2, 0.25) is 0 Å². The summed E-state index contributed by atoms with van der Waals surface area (Å²) >= 11 is 0. The van der Waals surface area contributed by atoms with E-state index in [1.165, 1.54) is 13.8 Å². The quantitative estimate of drug-likeness (QED) is 0.0278. The average molecular weight is 1960 g/mol. The van der Waals surface area contributed by atoms with Gasteiger partial charge in [-0.1, -0.05) is 67.0 Å². The number of allylic oxidation sites excluding steroid dienone is 1. The van der Waals surface area contributed by atoms with Crippen molar-refractivity contribution in [3.8, 4) is 0 Å². The molecule has 0 spiro atoms. The molecule has 13 rings (SSSR count). The lowest BCUT2D eigenvalue weighted by Gasteiger charge is -2.75. The molecule has 0 amide bonds. The van der Waals surface area contributed by atoms with E-state index in [9.17, 15) is 158 Å². The Balaban J connectivity index is 0.674. The molecule has 3 saturated carbocycles. The van der Waals surface area contributed by atoms with Crippen molar-refractivity contribution in [2.75, 3.05) is 59.5 Å². The maximum absolute atomic E-state index is 13.4. The molecular weight excluding hydrogens is 1820 g/mol. The van der Waals surface area contributed by atoms with E-state index >= 15 is 0 Å². The number of aliphatic hydroxyl groups excluding tert-OH is 30. The summed E-state index contributed by atoms with van der Waals surface area (Å²) < 4.78 is 107. The van der Waals surface area contributed by atoms with E-state index in [-0.39, 0.29) is 18.3 Å². The van der Waals surface area contributed by atoms with Gasteiger partial charge in [-0.3, -0.25) is 0 Å². The summed E-state index contributed by atoms with van der Waals surface area (Å²) in [5.74, 6) is -0.293. The fourth-order valence-corrected chi connectivity index (χ4v) is 24.2. The summed E-state index contributed by atoms with van der Waals surface area (Å²) in [5.41, 5.74) is -4.94. The van der Waals surface area contributed by atoms with Gasteiger partial charge >= 0.3 is 0 Å². The smallest absolute Gasteiger partial charge is 0.187 e. The molecule has 9 saturated heterocycles. The van der Waals surface area contributed by atoms with Gasteiger partial charge in [0.05, 0.1) is 83.4 Å². The molecule has 4 aliphatic carbocycles. The number of ether oxygens (including phenoxy) is 18. The topological polar surface area (TPSA) is 793 Å². The number of fused-ring (bicyclic) bond motifs is 5. The lowest BCUT2D eigenvalue weighted by molar-refractivity contribution is -0.406. The van der Waals surface area contributed by atoms with Crippen LogP contribution in [0.15, 0.2) is 11.6 Å². The monoisotopic (exact) mass is 1960 g/mol. The first-order valence-electron chi connectivity index (χ1n) is 46.4. The average Bonchev–Trinajstić information content (AvgIpc) is 1.57. The Morgan fingerprint density at radius 1 is 0.326 bits per heavy atom. The fourth-order valence-electron chi connectivity index (χ4n) is 24.2. The maximum Gasteiger partial charge on any atom is 0.187 e. The van der Waals surface area contributed by atoms with E-state index in [2.05, 4.69) is 47.6 Å². The van der Waals surface area contributed by atoms with Crippen LogP contribution in [0.1, 0.15) is 121 Å². The summed E-state index contributed by atoms with van der Waals surface area (Å²) in [5, 5.41) is 344. The number of rotatable bonds is 32. The maximum atomic E-state index is 13.4. The summed E-state index contributed by atoms with van der Waals surface area (Å²) in [6, 6.07) is 0. The third-order valence-corrected chi connectivity index (χ3v) is 33.0.